The molecule has 12 heavy (non-hydrogen) atoms. The van der Waals surface area contributed by atoms with Gasteiger partial charge in [-0.2, -0.15) is 5.10 Å². The maximum atomic E-state index is 4.09. The van der Waals surface area contributed by atoms with Crippen LogP contribution in [0.4, 0.5) is 0 Å². The highest BCUT2D eigenvalue weighted by Gasteiger charge is 2.04. The van der Waals surface area contributed by atoms with Gasteiger partial charge in [-0.05, 0) is 25.7 Å². The van der Waals surface area contributed by atoms with Crippen LogP contribution < -0.4 is 0 Å². The topological polar surface area (TPSA) is 17.8 Å². The molecule has 2 nitrogen and oxygen atoms in total. The van der Waals surface area contributed by atoms with Crippen molar-refractivity contribution in [2.75, 3.05) is 0 Å². The second kappa shape index (κ2) is 3.74. The van der Waals surface area contributed by atoms with Crippen LogP contribution in [0.3, 0.4) is 0 Å². The van der Waals surface area contributed by atoms with Gasteiger partial charge in [0, 0.05) is 18.3 Å². The molecule has 0 aliphatic rings. The van der Waals surface area contributed by atoms with Crippen LogP contribution in [0.2, 0.25) is 0 Å². The number of aryl methyl sites for hydroxylation is 2. The molecular weight excluding hydrogens is 148 g/mol. The van der Waals surface area contributed by atoms with Gasteiger partial charge in [0.25, 0.3) is 0 Å². The molecule has 0 saturated heterocycles. The van der Waals surface area contributed by atoms with Crippen LogP contribution in [-0.2, 0) is 13.5 Å². The normalized spacial score (nSPS) is 11.1. The van der Waals surface area contributed by atoms with Crippen molar-refractivity contribution >= 4 is 0 Å². The minimum absolute atomic E-state index is 0.762. The summed E-state index contributed by atoms with van der Waals surface area (Å²) in [6, 6.07) is 0. The highest BCUT2D eigenvalue weighted by Crippen LogP contribution is 2.11. The smallest absolute Gasteiger partial charge is 0.116 e. The maximum absolute atomic E-state index is 4.09. The Kier molecular flexibility index (Phi) is 2.90. The van der Waals surface area contributed by atoms with Gasteiger partial charge >= 0.3 is 0 Å². The van der Waals surface area contributed by atoms with E-state index in [1.807, 2.05) is 11.7 Å². The Hall–Kier alpha value is -0.790. The van der Waals surface area contributed by atoms with Gasteiger partial charge in [-0.25, -0.2) is 0 Å². The van der Waals surface area contributed by atoms with Crippen molar-refractivity contribution in [3.05, 3.63) is 17.5 Å². The Morgan fingerprint density at radius 3 is 2.58 bits per heavy atom. The average Bonchev–Trinajstić information content (AvgIpc) is 2.30. The Labute approximate surface area is 74.6 Å². The number of rotatable bonds is 3. The SMILES string of the molecule is Cc1c(CCC(C)C)[c]nn1C. The standard InChI is InChI=1S/C10H17N2/c1-8(2)5-6-10-7-11-12(4)9(10)3/h8H,5-6H2,1-4H3. The van der Waals surface area contributed by atoms with Crippen molar-refractivity contribution in [1.29, 1.82) is 0 Å². The van der Waals surface area contributed by atoms with E-state index in [1.165, 1.54) is 17.7 Å². The molecule has 0 aliphatic carbocycles. The van der Waals surface area contributed by atoms with Crippen LogP contribution >= 0.6 is 0 Å². The monoisotopic (exact) mass is 165 g/mol. The fourth-order valence-corrected chi connectivity index (χ4v) is 1.16. The zero-order valence-corrected chi connectivity index (χ0v) is 8.39. The fraction of sp³-hybridized carbons (Fsp3) is 0.700. The van der Waals surface area contributed by atoms with E-state index in [2.05, 4.69) is 32.1 Å². The van der Waals surface area contributed by atoms with E-state index in [-0.39, 0.29) is 0 Å². The quantitative estimate of drug-likeness (QED) is 0.670. The van der Waals surface area contributed by atoms with E-state index < -0.39 is 0 Å². The van der Waals surface area contributed by atoms with E-state index >= 15 is 0 Å². The Morgan fingerprint density at radius 1 is 1.50 bits per heavy atom. The van der Waals surface area contributed by atoms with Gasteiger partial charge in [-0.3, -0.25) is 4.68 Å². The average molecular weight is 165 g/mol. The highest BCUT2D eigenvalue weighted by atomic mass is 15.3. The van der Waals surface area contributed by atoms with E-state index in [9.17, 15) is 0 Å². The molecule has 1 radical (unpaired) electrons. The predicted octanol–water partition coefficient (Wildman–Crippen LogP) is 2.12. The van der Waals surface area contributed by atoms with Crippen LogP contribution in [-0.4, -0.2) is 9.78 Å². The largest absolute Gasteiger partial charge is 0.272 e. The first-order chi connectivity index (χ1) is 5.61. The summed E-state index contributed by atoms with van der Waals surface area (Å²) in [7, 11) is 1.96. The van der Waals surface area contributed by atoms with Gasteiger partial charge in [0.05, 0.1) is 0 Å². The van der Waals surface area contributed by atoms with Crippen molar-refractivity contribution in [3.8, 4) is 0 Å². The third-order valence-corrected chi connectivity index (χ3v) is 2.23. The summed E-state index contributed by atoms with van der Waals surface area (Å²) in [5.74, 6) is 0.762. The van der Waals surface area contributed by atoms with Gasteiger partial charge in [-0.1, -0.05) is 13.8 Å². The molecular formula is C10H17N2. The van der Waals surface area contributed by atoms with E-state index in [4.69, 9.17) is 0 Å². The summed E-state index contributed by atoms with van der Waals surface area (Å²) in [4.78, 5) is 0. The fourth-order valence-electron chi connectivity index (χ4n) is 1.16. The molecule has 1 aromatic rings. The molecule has 1 aromatic heterocycles. The first-order valence-electron chi connectivity index (χ1n) is 4.51. The lowest BCUT2D eigenvalue weighted by Gasteiger charge is -2.03. The van der Waals surface area contributed by atoms with Crippen molar-refractivity contribution in [3.63, 3.8) is 0 Å². The molecule has 0 bridgehead atoms. The van der Waals surface area contributed by atoms with Gasteiger partial charge in [0.1, 0.15) is 6.20 Å². The van der Waals surface area contributed by atoms with Gasteiger partial charge in [0.2, 0.25) is 0 Å². The van der Waals surface area contributed by atoms with Crippen molar-refractivity contribution < 1.29 is 0 Å². The Morgan fingerprint density at radius 2 is 2.17 bits per heavy atom. The minimum atomic E-state index is 0.762. The van der Waals surface area contributed by atoms with Crippen molar-refractivity contribution in [1.82, 2.24) is 9.78 Å². The molecule has 1 heterocycles. The number of aromatic nitrogens is 2. The summed E-state index contributed by atoms with van der Waals surface area (Å²) in [6.45, 7) is 6.58. The summed E-state index contributed by atoms with van der Waals surface area (Å²) < 4.78 is 1.88. The van der Waals surface area contributed by atoms with Crippen molar-refractivity contribution in [2.24, 2.45) is 13.0 Å². The number of hydrogen-bond acceptors (Lipinski definition) is 1. The summed E-state index contributed by atoms with van der Waals surface area (Å²) in [5, 5.41) is 4.09. The molecule has 0 unspecified atom stereocenters. The lowest BCUT2D eigenvalue weighted by molar-refractivity contribution is 0.585. The zero-order chi connectivity index (χ0) is 9.14. The van der Waals surface area contributed by atoms with E-state index in [1.54, 1.807) is 0 Å². The molecule has 67 valence electrons. The number of nitrogens with zero attached hydrogens (tertiary/aromatic N) is 2. The maximum Gasteiger partial charge on any atom is 0.116 e. The molecule has 0 aliphatic heterocycles. The second-order valence-electron chi connectivity index (χ2n) is 3.73. The van der Waals surface area contributed by atoms with E-state index in [0.29, 0.717) is 0 Å². The Bertz CT molecular complexity index is 248. The highest BCUT2D eigenvalue weighted by molar-refractivity contribution is 5.14. The lowest BCUT2D eigenvalue weighted by Crippen LogP contribution is -1.96. The molecule has 0 amide bonds. The van der Waals surface area contributed by atoms with Crippen LogP contribution in [0.5, 0.6) is 0 Å². The molecule has 2 heteroatoms. The van der Waals surface area contributed by atoms with Crippen LogP contribution in [0, 0.1) is 19.0 Å². The lowest BCUT2D eigenvalue weighted by atomic mass is 10.0. The first kappa shape index (κ1) is 9.30. The van der Waals surface area contributed by atoms with Gasteiger partial charge in [0.15, 0.2) is 0 Å². The van der Waals surface area contributed by atoms with Crippen LogP contribution in [0.25, 0.3) is 0 Å². The van der Waals surface area contributed by atoms with E-state index in [0.717, 1.165) is 12.3 Å². The molecule has 0 N–H and O–H groups in total. The zero-order valence-electron chi connectivity index (χ0n) is 8.39. The molecule has 0 fully saturated rings. The summed E-state index contributed by atoms with van der Waals surface area (Å²) in [6.07, 6.45) is 5.38. The van der Waals surface area contributed by atoms with Gasteiger partial charge in [-0.15, -0.1) is 0 Å². The third-order valence-electron chi connectivity index (χ3n) is 2.23. The first-order valence-corrected chi connectivity index (χ1v) is 4.51. The van der Waals surface area contributed by atoms with Gasteiger partial charge < -0.3 is 0 Å². The summed E-state index contributed by atoms with van der Waals surface area (Å²) >= 11 is 0. The predicted molar refractivity (Wildman–Crippen MR) is 49.9 cm³/mol. The molecule has 0 aromatic carbocycles. The molecule has 1 rings (SSSR count). The third kappa shape index (κ3) is 2.10. The van der Waals surface area contributed by atoms with Crippen LogP contribution in [0.1, 0.15) is 31.5 Å². The number of hydrogen-bond donors (Lipinski definition) is 0. The van der Waals surface area contributed by atoms with Crippen LogP contribution in [0.15, 0.2) is 0 Å². The molecule has 0 spiro atoms. The van der Waals surface area contributed by atoms with Crippen molar-refractivity contribution in [2.45, 2.75) is 33.6 Å². The summed E-state index contributed by atoms with van der Waals surface area (Å²) in [5.41, 5.74) is 2.52. The molecule has 0 atom stereocenters. The second-order valence-corrected chi connectivity index (χ2v) is 3.73. The molecule has 0 saturated carbocycles. The minimum Gasteiger partial charge on any atom is -0.272 e. The Balaban J connectivity index is 2.58.